The number of aryl methyl sites for hydroxylation is 2. The SMILES string of the molecule is Cc1cc(C)nc(N2CCCC(C(=O)Nc3ccc(N4CCCS4(=O)=O)cc3)C2)n1. The summed E-state index contributed by atoms with van der Waals surface area (Å²) in [6, 6.07) is 8.95. The maximum absolute atomic E-state index is 12.8. The molecule has 0 aliphatic carbocycles. The number of sulfonamides is 1. The van der Waals surface area contributed by atoms with Crippen LogP contribution in [0.4, 0.5) is 17.3 Å². The largest absolute Gasteiger partial charge is 0.340 e. The van der Waals surface area contributed by atoms with Crippen molar-refractivity contribution < 1.29 is 13.2 Å². The maximum atomic E-state index is 12.8. The number of hydrogen-bond donors (Lipinski definition) is 1. The molecule has 1 unspecified atom stereocenters. The summed E-state index contributed by atoms with van der Waals surface area (Å²) in [5.74, 6) is 0.682. The molecule has 2 saturated heterocycles. The third-order valence-corrected chi connectivity index (χ3v) is 7.44. The van der Waals surface area contributed by atoms with Crippen LogP contribution in [0.15, 0.2) is 30.3 Å². The number of aromatic nitrogens is 2. The molecular formula is C21H27N5O3S. The molecule has 1 amide bonds. The van der Waals surface area contributed by atoms with Crippen molar-refractivity contribution in [3.05, 3.63) is 41.7 Å². The van der Waals surface area contributed by atoms with Gasteiger partial charge in [0.2, 0.25) is 21.9 Å². The van der Waals surface area contributed by atoms with Gasteiger partial charge < -0.3 is 10.2 Å². The fourth-order valence-electron chi connectivity index (χ4n) is 4.11. The van der Waals surface area contributed by atoms with Gasteiger partial charge in [0.05, 0.1) is 17.4 Å². The first-order valence-electron chi connectivity index (χ1n) is 10.3. The molecule has 9 heteroatoms. The van der Waals surface area contributed by atoms with Gasteiger partial charge in [-0.2, -0.15) is 0 Å². The van der Waals surface area contributed by atoms with Crippen LogP contribution in [-0.4, -0.2) is 49.7 Å². The molecule has 0 radical (unpaired) electrons. The summed E-state index contributed by atoms with van der Waals surface area (Å²) in [6.07, 6.45) is 2.36. The Labute approximate surface area is 177 Å². The van der Waals surface area contributed by atoms with Crippen molar-refractivity contribution in [2.45, 2.75) is 33.1 Å². The lowest BCUT2D eigenvalue weighted by Crippen LogP contribution is -2.41. The maximum Gasteiger partial charge on any atom is 0.235 e. The molecule has 2 fully saturated rings. The molecular weight excluding hydrogens is 402 g/mol. The molecule has 1 N–H and O–H groups in total. The van der Waals surface area contributed by atoms with E-state index >= 15 is 0 Å². The van der Waals surface area contributed by atoms with Gasteiger partial charge in [-0.15, -0.1) is 0 Å². The van der Waals surface area contributed by atoms with Gasteiger partial charge in [-0.1, -0.05) is 0 Å². The normalized spacial score (nSPS) is 20.9. The molecule has 0 spiro atoms. The monoisotopic (exact) mass is 429 g/mol. The molecule has 2 aliphatic rings. The van der Waals surface area contributed by atoms with Gasteiger partial charge in [-0.3, -0.25) is 9.10 Å². The second-order valence-electron chi connectivity index (χ2n) is 8.01. The van der Waals surface area contributed by atoms with Crippen molar-refractivity contribution in [1.29, 1.82) is 0 Å². The van der Waals surface area contributed by atoms with Crippen LogP contribution in [0.3, 0.4) is 0 Å². The standard InChI is InChI=1S/C21H27N5O3S/c1-15-13-16(2)23-21(22-15)25-10-3-5-17(14-25)20(27)24-18-6-8-19(9-7-18)26-11-4-12-30(26,28)29/h6-9,13,17H,3-5,10-12,14H2,1-2H3,(H,24,27). The van der Waals surface area contributed by atoms with Crippen LogP contribution in [0.2, 0.25) is 0 Å². The van der Waals surface area contributed by atoms with Gasteiger partial charge in [-0.25, -0.2) is 18.4 Å². The highest BCUT2D eigenvalue weighted by molar-refractivity contribution is 7.93. The number of rotatable bonds is 4. The zero-order chi connectivity index (χ0) is 21.3. The highest BCUT2D eigenvalue weighted by Gasteiger charge is 2.29. The van der Waals surface area contributed by atoms with Gasteiger partial charge in [0.25, 0.3) is 0 Å². The van der Waals surface area contributed by atoms with Gasteiger partial charge in [-0.05, 0) is 63.4 Å². The second-order valence-corrected chi connectivity index (χ2v) is 10.0. The third-order valence-electron chi connectivity index (χ3n) is 5.57. The number of anilines is 3. The van der Waals surface area contributed by atoms with E-state index in [4.69, 9.17) is 0 Å². The summed E-state index contributed by atoms with van der Waals surface area (Å²) in [5.41, 5.74) is 3.15. The van der Waals surface area contributed by atoms with Crippen molar-refractivity contribution >= 4 is 33.3 Å². The topological polar surface area (TPSA) is 95.5 Å². The first-order valence-corrected chi connectivity index (χ1v) is 11.9. The number of carbonyl (C=O) groups is 1. The summed E-state index contributed by atoms with van der Waals surface area (Å²) >= 11 is 0. The molecule has 160 valence electrons. The molecule has 30 heavy (non-hydrogen) atoms. The Morgan fingerprint density at radius 1 is 1.07 bits per heavy atom. The third kappa shape index (κ3) is 4.40. The van der Waals surface area contributed by atoms with Gasteiger partial charge in [0, 0.05) is 36.7 Å². The fraction of sp³-hybridized carbons (Fsp3) is 0.476. The Morgan fingerprint density at radius 2 is 1.77 bits per heavy atom. The number of piperidine rings is 1. The van der Waals surface area contributed by atoms with Crippen molar-refractivity contribution in [2.24, 2.45) is 5.92 Å². The van der Waals surface area contributed by atoms with E-state index in [0.29, 0.717) is 36.8 Å². The molecule has 1 aromatic carbocycles. The molecule has 2 aromatic rings. The van der Waals surface area contributed by atoms with E-state index in [1.54, 1.807) is 24.3 Å². The number of hydrogen-bond acceptors (Lipinski definition) is 6. The smallest absolute Gasteiger partial charge is 0.235 e. The van der Waals surface area contributed by atoms with Crippen molar-refractivity contribution in [3.63, 3.8) is 0 Å². The number of amides is 1. The van der Waals surface area contributed by atoms with E-state index in [9.17, 15) is 13.2 Å². The Bertz CT molecular complexity index is 1020. The molecule has 2 aliphatic heterocycles. The van der Waals surface area contributed by atoms with E-state index in [-0.39, 0.29) is 17.6 Å². The minimum absolute atomic E-state index is 0.0365. The number of benzene rings is 1. The molecule has 8 nitrogen and oxygen atoms in total. The summed E-state index contributed by atoms with van der Waals surface area (Å²) < 4.78 is 25.6. The number of nitrogens with one attached hydrogen (secondary N) is 1. The summed E-state index contributed by atoms with van der Waals surface area (Å²) in [4.78, 5) is 24.0. The quantitative estimate of drug-likeness (QED) is 0.802. The van der Waals surface area contributed by atoms with Gasteiger partial charge in [0.15, 0.2) is 0 Å². The molecule has 3 heterocycles. The molecule has 4 rings (SSSR count). The molecule has 0 saturated carbocycles. The summed E-state index contributed by atoms with van der Waals surface area (Å²) in [5, 5.41) is 2.97. The molecule has 1 atom stereocenters. The minimum atomic E-state index is -3.20. The predicted molar refractivity (Wildman–Crippen MR) is 117 cm³/mol. The predicted octanol–water partition coefficient (Wildman–Crippen LogP) is 2.49. The van der Waals surface area contributed by atoms with Crippen LogP contribution < -0.4 is 14.5 Å². The van der Waals surface area contributed by atoms with Crippen LogP contribution in [0.5, 0.6) is 0 Å². The zero-order valence-corrected chi connectivity index (χ0v) is 18.2. The Hall–Kier alpha value is -2.68. The summed E-state index contributed by atoms with van der Waals surface area (Å²) in [6.45, 7) is 5.82. The van der Waals surface area contributed by atoms with Crippen LogP contribution >= 0.6 is 0 Å². The Balaban J connectivity index is 1.41. The first kappa shape index (κ1) is 20.6. The Morgan fingerprint density at radius 3 is 2.40 bits per heavy atom. The van der Waals surface area contributed by atoms with E-state index in [1.807, 2.05) is 19.9 Å². The number of nitrogens with zero attached hydrogens (tertiary/aromatic N) is 4. The number of carbonyl (C=O) groups excluding carboxylic acids is 1. The van der Waals surface area contributed by atoms with Crippen LogP contribution in [0, 0.1) is 19.8 Å². The Kier molecular flexibility index (Phi) is 5.64. The van der Waals surface area contributed by atoms with Crippen LogP contribution in [0.25, 0.3) is 0 Å². The molecule has 0 bridgehead atoms. The lowest BCUT2D eigenvalue weighted by molar-refractivity contribution is -0.120. The lowest BCUT2D eigenvalue weighted by atomic mass is 9.97. The second kappa shape index (κ2) is 8.22. The van der Waals surface area contributed by atoms with E-state index < -0.39 is 10.0 Å². The van der Waals surface area contributed by atoms with Gasteiger partial charge in [0.1, 0.15) is 0 Å². The highest BCUT2D eigenvalue weighted by atomic mass is 32.2. The van der Waals surface area contributed by atoms with Crippen LogP contribution in [0.1, 0.15) is 30.7 Å². The molecule has 1 aromatic heterocycles. The fourth-order valence-corrected chi connectivity index (χ4v) is 5.67. The zero-order valence-electron chi connectivity index (χ0n) is 17.3. The van der Waals surface area contributed by atoms with E-state index in [1.165, 1.54) is 4.31 Å². The average molecular weight is 430 g/mol. The summed E-state index contributed by atoms with van der Waals surface area (Å²) in [7, 11) is -3.20. The van der Waals surface area contributed by atoms with E-state index in [0.717, 1.165) is 30.8 Å². The van der Waals surface area contributed by atoms with Crippen molar-refractivity contribution in [1.82, 2.24) is 9.97 Å². The first-order chi connectivity index (χ1) is 14.3. The van der Waals surface area contributed by atoms with E-state index in [2.05, 4.69) is 20.2 Å². The van der Waals surface area contributed by atoms with Gasteiger partial charge >= 0.3 is 0 Å². The average Bonchev–Trinajstić information content (AvgIpc) is 3.07. The van der Waals surface area contributed by atoms with Crippen molar-refractivity contribution in [3.8, 4) is 0 Å². The van der Waals surface area contributed by atoms with Crippen molar-refractivity contribution in [2.75, 3.05) is 39.9 Å². The minimum Gasteiger partial charge on any atom is -0.340 e. The highest BCUT2D eigenvalue weighted by Crippen LogP contribution is 2.26. The van der Waals surface area contributed by atoms with Crippen LogP contribution in [-0.2, 0) is 14.8 Å². The lowest BCUT2D eigenvalue weighted by Gasteiger charge is -2.32.